The average Bonchev–Trinajstić information content (AvgIpc) is 2.69. The van der Waals surface area contributed by atoms with Crippen molar-refractivity contribution in [2.75, 3.05) is 44.2 Å². The molecule has 4 heteroatoms. The van der Waals surface area contributed by atoms with Gasteiger partial charge < -0.3 is 4.90 Å². The van der Waals surface area contributed by atoms with E-state index >= 15 is 0 Å². The fourth-order valence-corrected chi connectivity index (χ4v) is 4.80. The third-order valence-electron chi connectivity index (χ3n) is 6.27. The number of para-hydroxylation sites is 1. The van der Waals surface area contributed by atoms with Crippen molar-refractivity contribution in [3.05, 3.63) is 29.8 Å². The third-order valence-corrected chi connectivity index (χ3v) is 6.27. The number of anilines is 1. The summed E-state index contributed by atoms with van der Waals surface area (Å²) in [4.78, 5) is 19.9. The SMILES string of the molecule is O=C(CN1CCN(C2CCCCC2)CC1)N1CCCc2ccccc21. The van der Waals surface area contributed by atoms with Gasteiger partial charge in [-0.15, -0.1) is 0 Å². The van der Waals surface area contributed by atoms with Crippen LogP contribution in [0, 0.1) is 0 Å². The molecule has 136 valence electrons. The summed E-state index contributed by atoms with van der Waals surface area (Å²) < 4.78 is 0. The van der Waals surface area contributed by atoms with Crippen LogP contribution < -0.4 is 4.90 Å². The number of fused-ring (bicyclic) bond motifs is 1. The lowest BCUT2D eigenvalue weighted by Crippen LogP contribution is -2.53. The minimum Gasteiger partial charge on any atom is -0.311 e. The molecule has 1 aromatic carbocycles. The fraction of sp³-hybridized carbons (Fsp3) is 0.667. The zero-order valence-corrected chi connectivity index (χ0v) is 15.3. The highest BCUT2D eigenvalue weighted by Gasteiger charge is 2.28. The van der Waals surface area contributed by atoms with Gasteiger partial charge in [-0.1, -0.05) is 37.5 Å². The van der Waals surface area contributed by atoms with Gasteiger partial charge in [0.25, 0.3) is 0 Å². The van der Waals surface area contributed by atoms with E-state index in [0.29, 0.717) is 6.54 Å². The normalized spacial score (nSPS) is 23.4. The number of piperazine rings is 1. The van der Waals surface area contributed by atoms with Crippen molar-refractivity contribution < 1.29 is 4.79 Å². The molecule has 3 aliphatic rings. The highest BCUT2D eigenvalue weighted by Crippen LogP contribution is 2.27. The first kappa shape index (κ1) is 17.0. The Balaban J connectivity index is 1.31. The second-order valence-electron chi connectivity index (χ2n) is 7.88. The first-order chi connectivity index (χ1) is 12.3. The van der Waals surface area contributed by atoms with Crippen molar-refractivity contribution in [3.8, 4) is 0 Å². The Hall–Kier alpha value is -1.39. The number of carbonyl (C=O) groups is 1. The van der Waals surface area contributed by atoms with Gasteiger partial charge in [0.15, 0.2) is 0 Å². The minimum atomic E-state index is 0.276. The van der Waals surface area contributed by atoms with Crippen LogP contribution in [0.1, 0.15) is 44.1 Å². The van der Waals surface area contributed by atoms with Gasteiger partial charge in [0.1, 0.15) is 0 Å². The summed E-state index contributed by atoms with van der Waals surface area (Å²) in [5.41, 5.74) is 2.46. The number of aryl methyl sites for hydroxylation is 1. The van der Waals surface area contributed by atoms with Crippen molar-refractivity contribution >= 4 is 11.6 Å². The predicted octanol–water partition coefficient (Wildman–Crippen LogP) is 2.92. The molecule has 1 amide bonds. The summed E-state index contributed by atoms with van der Waals surface area (Å²) in [6.45, 7) is 5.79. The maximum Gasteiger partial charge on any atom is 0.241 e. The molecule has 1 saturated carbocycles. The number of hydrogen-bond donors (Lipinski definition) is 0. The summed E-state index contributed by atoms with van der Waals surface area (Å²) in [7, 11) is 0. The molecule has 1 aromatic rings. The van der Waals surface area contributed by atoms with E-state index < -0.39 is 0 Å². The minimum absolute atomic E-state index is 0.276. The van der Waals surface area contributed by atoms with Crippen molar-refractivity contribution in [2.24, 2.45) is 0 Å². The van der Waals surface area contributed by atoms with E-state index in [1.807, 2.05) is 11.0 Å². The topological polar surface area (TPSA) is 26.8 Å². The Labute approximate surface area is 151 Å². The first-order valence-corrected chi connectivity index (χ1v) is 10.2. The van der Waals surface area contributed by atoms with Crippen LogP contribution >= 0.6 is 0 Å². The highest BCUT2D eigenvalue weighted by molar-refractivity contribution is 5.95. The Morgan fingerprint density at radius 1 is 0.920 bits per heavy atom. The summed E-state index contributed by atoms with van der Waals surface area (Å²) >= 11 is 0. The average molecular weight is 341 g/mol. The van der Waals surface area contributed by atoms with Crippen molar-refractivity contribution in [3.63, 3.8) is 0 Å². The molecule has 1 aliphatic carbocycles. The molecule has 2 heterocycles. The van der Waals surface area contributed by atoms with Gasteiger partial charge in [-0.25, -0.2) is 0 Å². The fourth-order valence-electron chi connectivity index (χ4n) is 4.80. The molecule has 2 fully saturated rings. The van der Waals surface area contributed by atoms with Crippen LogP contribution in [0.25, 0.3) is 0 Å². The standard InChI is InChI=1S/C21H31N3O/c25-21(24-12-6-8-18-7-4-5-11-20(18)24)17-22-13-15-23(16-14-22)19-9-2-1-3-10-19/h4-5,7,11,19H,1-3,6,8-10,12-17H2. The molecule has 0 aromatic heterocycles. The molecule has 4 nitrogen and oxygen atoms in total. The van der Waals surface area contributed by atoms with Crippen molar-refractivity contribution in [2.45, 2.75) is 51.0 Å². The van der Waals surface area contributed by atoms with Crippen molar-refractivity contribution in [1.82, 2.24) is 9.80 Å². The molecular weight excluding hydrogens is 310 g/mol. The van der Waals surface area contributed by atoms with Crippen LogP contribution in [-0.2, 0) is 11.2 Å². The molecule has 2 aliphatic heterocycles. The summed E-state index contributed by atoms with van der Waals surface area (Å²) in [6.07, 6.45) is 9.16. The van der Waals surface area contributed by atoms with Crippen LogP contribution in [0.4, 0.5) is 5.69 Å². The molecule has 0 radical (unpaired) electrons. The molecule has 0 N–H and O–H groups in total. The van der Waals surface area contributed by atoms with Gasteiger partial charge in [0.05, 0.1) is 6.54 Å². The summed E-state index contributed by atoms with van der Waals surface area (Å²) in [5, 5.41) is 0. The lowest BCUT2D eigenvalue weighted by Gasteiger charge is -2.41. The molecule has 4 rings (SSSR count). The maximum absolute atomic E-state index is 12.9. The highest BCUT2D eigenvalue weighted by atomic mass is 16.2. The van der Waals surface area contributed by atoms with Gasteiger partial charge in [0, 0.05) is 44.5 Å². The Kier molecular flexibility index (Phi) is 5.37. The lowest BCUT2D eigenvalue weighted by atomic mass is 9.94. The van der Waals surface area contributed by atoms with E-state index in [1.54, 1.807) is 0 Å². The largest absolute Gasteiger partial charge is 0.311 e. The summed E-state index contributed by atoms with van der Waals surface area (Å²) in [6, 6.07) is 9.20. The zero-order chi connectivity index (χ0) is 17.1. The third kappa shape index (κ3) is 3.90. The molecule has 0 unspecified atom stereocenters. The van der Waals surface area contributed by atoms with Crippen LogP contribution in [0.5, 0.6) is 0 Å². The Morgan fingerprint density at radius 3 is 2.48 bits per heavy atom. The monoisotopic (exact) mass is 341 g/mol. The molecule has 0 bridgehead atoms. The van der Waals surface area contributed by atoms with E-state index in [0.717, 1.165) is 57.3 Å². The maximum atomic E-state index is 12.9. The number of nitrogens with zero attached hydrogens (tertiary/aromatic N) is 3. The number of rotatable bonds is 3. The van der Waals surface area contributed by atoms with Crippen LogP contribution in [-0.4, -0.2) is 61.0 Å². The van der Waals surface area contributed by atoms with Crippen molar-refractivity contribution in [1.29, 1.82) is 0 Å². The molecule has 0 spiro atoms. The molecular formula is C21H31N3O. The smallest absolute Gasteiger partial charge is 0.241 e. The lowest BCUT2D eigenvalue weighted by molar-refractivity contribution is -0.120. The number of hydrogen-bond acceptors (Lipinski definition) is 3. The van der Waals surface area contributed by atoms with Gasteiger partial charge in [-0.2, -0.15) is 0 Å². The first-order valence-electron chi connectivity index (χ1n) is 10.2. The van der Waals surface area contributed by atoms with E-state index in [9.17, 15) is 4.79 Å². The zero-order valence-electron chi connectivity index (χ0n) is 15.3. The van der Waals surface area contributed by atoms with Crippen LogP contribution in [0.15, 0.2) is 24.3 Å². The Morgan fingerprint density at radius 2 is 1.68 bits per heavy atom. The predicted molar refractivity (Wildman–Crippen MR) is 102 cm³/mol. The second kappa shape index (κ2) is 7.88. The van der Waals surface area contributed by atoms with Crippen LogP contribution in [0.2, 0.25) is 0 Å². The van der Waals surface area contributed by atoms with E-state index in [1.165, 1.54) is 37.7 Å². The molecule has 25 heavy (non-hydrogen) atoms. The van der Waals surface area contributed by atoms with Gasteiger partial charge in [0.2, 0.25) is 5.91 Å². The molecule has 1 saturated heterocycles. The number of amides is 1. The van der Waals surface area contributed by atoms with Gasteiger partial charge in [-0.3, -0.25) is 14.6 Å². The van der Waals surface area contributed by atoms with Gasteiger partial charge >= 0.3 is 0 Å². The number of carbonyl (C=O) groups excluding carboxylic acids is 1. The summed E-state index contributed by atoms with van der Waals surface area (Å²) in [5.74, 6) is 0.276. The van der Waals surface area contributed by atoms with Crippen LogP contribution in [0.3, 0.4) is 0 Å². The van der Waals surface area contributed by atoms with E-state index in [2.05, 4.69) is 28.0 Å². The number of benzene rings is 1. The van der Waals surface area contributed by atoms with E-state index in [-0.39, 0.29) is 5.91 Å². The van der Waals surface area contributed by atoms with E-state index in [4.69, 9.17) is 0 Å². The van der Waals surface area contributed by atoms with Gasteiger partial charge in [-0.05, 0) is 37.3 Å². The molecule has 0 atom stereocenters. The Bertz CT molecular complexity index is 589. The quantitative estimate of drug-likeness (QED) is 0.846. The second-order valence-corrected chi connectivity index (χ2v) is 7.88.